The zero-order chi connectivity index (χ0) is 12.0. The average Bonchev–Trinajstić information content (AvgIpc) is 2.16. The highest BCUT2D eigenvalue weighted by atomic mass is 16.2. The van der Waals surface area contributed by atoms with E-state index in [1.165, 1.54) is 12.8 Å². The molecule has 1 heterocycles. The van der Waals surface area contributed by atoms with Crippen molar-refractivity contribution < 1.29 is 4.79 Å². The highest BCUT2D eigenvalue weighted by Crippen LogP contribution is 2.14. The second-order valence-corrected chi connectivity index (χ2v) is 5.51. The second kappa shape index (κ2) is 6.89. The molecule has 1 saturated heterocycles. The van der Waals surface area contributed by atoms with Crippen LogP contribution in [-0.4, -0.2) is 37.0 Å². The van der Waals surface area contributed by atoms with E-state index >= 15 is 0 Å². The van der Waals surface area contributed by atoms with Gasteiger partial charge in [-0.1, -0.05) is 20.8 Å². The molecule has 0 aliphatic carbocycles. The summed E-state index contributed by atoms with van der Waals surface area (Å²) in [5, 5.41) is 3.00. The fourth-order valence-corrected chi connectivity index (χ4v) is 2.19. The molecule has 1 N–H and O–H groups in total. The molecule has 94 valence electrons. The van der Waals surface area contributed by atoms with E-state index in [1.54, 1.807) is 0 Å². The van der Waals surface area contributed by atoms with Gasteiger partial charge in [-0.25, -0.2) is 0 Å². The Morgan fingerprint density at radius 3 is 2.88 bits per heavy atom. The van der Waals surface area contributed by atoms with E-state index in [4.69, 9.17) is 0 Å². The molecule has 3 heteroatoms. The van der Waals surface area contributed by atoms with Crippen molar-refractivity contribution in [2.45, 2.75) is 40.0 Å². The number of carbonyl (C=O) groups is 1. The number of likely N-dealkylation sites (tertiary alicyclic amines) is 1. The highest BCUT2D eigenvalue weighted by Gasteiger charge is 2.18. The van der Waals surface area contributed by atoms with Crippen LogP contribution in [-0.2, 0) is 4.79 Å². The van der Waals surface area contributed by atoms with Gasteiger partial charge in [0.05, 0.1) is 6.54 Å². The molecule has 3 nitrogen and oxygen atoms in total. The van der Waals surface area contributed by atoms with Crippen molar-refractivity contribution >= 4 is 5.91 Å². The Morgan fingerprint density at radius 1 is 1.50 bits per heavy atom. The highest BCUT2D eigenvalue weighted by molar-refractivity contribution is 5.77. The summed E-state index contributed by atoms with van der Waals surface area (Å²) < 4.78 is 0. The molecule has 1 fully saturated rings. The number of carbonyl (C=O) groups excluding carboxylic acids is 1. The number of amides is 1. The zero-order valence-electron chi connectivity index (χ0n) is 11.0. The van der Waals surface area contributed by atoms with Crippen LogP contribution < -0.4 is 5.32 Å². The summed E-state index contributed by atoms with van der Waals surface area (Å²) >= 11 is 0. The molecule has 0 spiro atoms. The number of hydrogen-bond acceptors (Lipinski definition) is 2. The van der Waals surface area contributed by atoms with Crippen LogP contribution in [0.2, 0.25) is 0 Å². The largest absolute Gasteiger partial charge is 0.355 e. The monoisotopic (exact) mass is 226 g/mol. The van der Waals surface area contributed by atoms with Gasteiger partial charge in [0.2, 0.25) is 5.91 Å². The van der Waals surface area contributed by atoms with E-state index in [1.807, 2.05) is 0 Å². The summed E-state index contributed by atoms with van der Waals surface area (Å²) in [6.45, 7) is 10.2. The van der Waals surface area contributed by atoms with Crippen molar-refractivity contribution in [2.75, 3.05) is 26.2 Å². The molecule has 1 rings (SSSR count). The minimum atomic E-state index is 0.190. The number of nitrogens with one attached hydrogen (secondary N) is 1. The van der Waals surface area contributed by atoms with E-state index in [2.05, 4.69) is 31.0 Å². The van der Waals surface area contributed by atoms with Crippen molar-refractivity contribution in [1.29, 1.82) is 0 Å². The number of nitrogens with zero attached hydrogens (tertiary/aromatic N) is 1. The van der Waals surface area contributed by atoms with Gasteiger partial charge in [-0.05, 0) is 37.6 Å². The Hall–Kier alpha value is -0.570. The van der Waals surface area contributed by atoms with Crippen molar-refractivity contribution in [3.05, 3.63) is 0 Å². The third kappa shape index (κ3) is 5.50. The van der Waals surface area contributed by atoms with E-state index < -0.39 is 0 Å². The van der Waals surface area contributed by atoms with Gasteiger partial charge >= 0.3 is 0 Å². The molecular weight excluding hydrogens is 200 g/mol. The van der Waals surface area contributed by atoms with Gasteiger partial charge in [0, 0.05) is 13.1 Å². The molecule has 0 aromatic carbocycles. The normalized spacial score (nSPS) is 22.4. The Bertz CT molecular complexity index is 216. The fraction of sp³-hybridized carbons (Fsp3) is 0.923. The van der Waals surface area contributed by atoms with Crippen LogP contribution in [0.15, 0.2) is 0 Å². The van der Waals surface area contributed by atoms with E-state index in [9.17, 15) is 4.79 Å². The van der Waals surface area contributed by atoms with E-state index in [-0.39, 0.29) is 5.91 Å². The Morgan fingerprint density at radius 2 is 2.25 bits per heavy atom. The number of hydrogen-bond donors (Lipinski definition) is 1. The van der Waals surface area contributed by atoms with Crippen molar-refractivity contribution in [2.24, 2.45) is 11.8 Å². The molecule has 0 aromatic rings. The SMILES string of the molecule is CC(C)CCNC(=O)CN1CCCC(C)C1. The van der Waals surface area contributed by atoms with Gasteiger partial charge in [-0.15, -0.1) is 0 Å². The van der Waals surface area contributed by atoms with Crippen molar-refractivity contribution in [3.63, 3.8) is 0 Å². The molecule has 1 amide bonds. The summed E-state index contributed by atoms with van der Waals surface area (Å²) in [6.07, 6.45) is 3.62. The lowest BCUT2D eigenvalue weighted by atomic mass is 10.0. The maximum absolute atomic E-state index is 11.6. The maximum Gasteiger partial charge on any atom is 0.234 e. The summed E-state index contributed by atoms with van der Waals surface area (Å²) in [7, 11) is 0. The fourth-order valence-electron chi connectivity index (χ4n) is 2.19. The van der Waals surface area contributed by atoms with Crippen molar-refractivity contribution in [1.82, 2.24) is 10.2 Å². The molecule has 1 atom stereocenters. The topological polar surface area (TPSA) is 32.3 Å². The lowest BCUT2D eigenvalue weighted by molar-refractivity contribution is -0.122. The van der Waals surface area contributed by atoms with Crippen LogP contribution in [0.4, 0.5) is 0 Å². The molecule has 1 aliphatic heterocycles. The average molecular weight is 226 g/mol. The molecular formula is C13H26N2O. The first-order chi connectivity index (χ1) is 7.58. The van der Waals surface area contributed by atoms with Crippen LogP contribution in [0.1, 0.15) is 40.0 Å². The summed E-state index contributed by atoms with van der Waals surface area (Å²) in [5.41, 5.74) is 0. The summed E-state index contributed by atoms with van der Waals surface area (Å²) in [5.74, 6) is 1.60. The van der Waals surface area contributed by atoms with Crippen LogP contribution in [0, 0.1) is 11.8 Å². The predicted molar refractivity (Wildman–Crippen MR) is 67.3 cm³/mol. The second-order valence-electron chi connectivity index (χ2n) is 5.51. The molecule has 0 radical (unpaired) electrons. The third-order valence-electron chi connectivity index (χ3n) is 3.15. The summed E-state index contributed by atoms with van der Waals surface area (Å²) in [6, 6.07) is 0. The smallest absolute Gasteiger partial charge is 0.234 e. The first-order valence-corrected chi connectivity index (χ1v) is 6.57. The van der Waals surface area contributed by atoms with Gasteiger partial charge in [-0.3, -0.25) is 9.69 Å². The third-order valence-corrected chi connectivity index (χ3v) is 3.15. The molecule has 1 aliphatic rings. The van der Waals surface area contributed by atoms with E-state index in [0.717, 1.165) is 32.0 Å². The number of rotatable bonds is 5. The molecule has 0 bridgehead atoms. The van der Waals surface area contributed by atoms with Gasteiger partial charge in [0.25, 0.3) is 0 Å². The minimum Gasteiger partial charge on any atom is -0.355 e. The first-order valence-electron chi connectivity index (χ1n) is 6.57. The van der Waals surface area contributed by atoms with Crippen LogP contribution in [0.25, 0.3) is 0 Å². The predicted octanol–water partition coefficient (Wildman–Crippen LogP) is 1.88. The van der Waals surface area contributed by atoms with Gasteiger partial charge < -0.3 is 5.32 Å². The zero-order valence-corrected chi connectivity index (χ0v) is 11.0. The molecule has 0 saturated carbocycles. The standard InChI is InChI=1S/C13H26N2O/c1-11(2)6-7-14-13(16)10-15-8-4-5-12(3)9-15/h11-12H,4-10H2,1-3H3,(H,14,16). The maximum atomic E-state index is 11.6. The first kappa shape index (κ1) is 13.5. The van der Waals surface area contributed by atoms with E-state index in [0.29, 0.717) is 12.5 Å². The molecule has 1 unspecified atom stereocenters. The lowest BCUT2D eigenvalue weighted by Crippen LogP contribution is -2.42. The van der Waals surface area contributed by atoms with Crippen LogP contribution in [0.5, 0.6) is 0 Å². The van der Waals surface area contributed by atoms with Gasteiger partial charge in [-0.2, -0.15) is 0 Å². The molecule has 0 aromatic heterocycles. The quantitative estimate of drug-likeness (QED) is 0.776. The van der Waals surface area contributed by atoms with Gasteiger partial charge in [0.15, 0.2) is 0 Å². The summed E-state index contributed by atoms with van der Waals surface area (Å²) in [4.78, 5) is 13.9. The van der Waals surface area contributed by atoms with Crippen LogP contribution in [0.3, 0.4) is 0 Å². The minimum absolute atomic E-state index is 0.190. The van der Waals surface area contributed by atoms with Crippen LogP contribution >= 0.6 is 0 Å². The Kier molecular flexibility index (Phi) is 5.81. The van der Waals surface area contributed by atoms with Gasteiger partial charge in [0.1, 0.15) is 0 Å². The molecule has 16 heavy (non-hydrogen) atoms. The number of piperidine rings is 1. The lowest BCUT2D eigenvalue weighted by Gasteiger charge is -2.30. The Labute approximate surface area is 99.6 Å². The Balaban J connectivity index is 2.13. The van der Waals surface area contributed by atoms with Crippen molar-refractivity contribution in [3.8, 4) is 0 Å².